The van der Waals surface area contributed by atoms with Gasteiger partial charge < -0.3 is 10.6 Å². The molecule has 4 aliphatic carbocycles. The predicted molar refractivity (Wildman–Crippen MR) is 96.9 cm³/mol. The number of amides is 2. The Morgan fingerprint density at radius 3 is 2.44 bits per heavy atom. The summed E-state index contributed by atoms with van der Waals surface area (Å²) in [6.07, 6.45) is 11.2. The molecule has 5 fully saturated rings. The third-order valence-electron chi connectivity index (χ3n) is 7.05. The summed E-state index contributed by atoms with van der Waals surface area (Å²) in [6, 6.07) is -0.344. The van der Waals surface area contributed by atoms with Crippen LogP contribution >= 0.6 is 0 Å². The van der Waals surface area contributed by atoms with Gasteiger partial charge in [-0.15, -0.1) is 0 Å². The minimum Gasteiger partial charge on any atom is -0.354 e. The van der Waals surface area contributed by atoms with Crippen LogP contribution in [0.15, 0.2) is 0 Å². The van der Waals surface area contributed by atoms with Crippen LogP contribution in [0, 0.1) is 23.2 Å². The highest BCUT2D eigenvalue weighted by Gasteiger charge is 2.51. The Balaban J connectivity index is 1.29. The third-order valence-corrected chi connectivity index (χ3v) is 7.05. The van der Waals surface area contributed by atoms with Gasteiger partial charge in [-0.25, -0.2) is 0 Å². The lowest BCUT2D eigenvalue weighted by Gasteiger charge is -2.57. The molecule has 5 rings (SSSR count). The van der Waals surface area contributed by atoms with E-state index in [9.17, 15) is 9.59 Å². The molecule has 1 aliphatic heterocycles. The molecular weight excluding hydrogens is 314 g/mol. The van der Waals surface area contributed by atoms with Crippen molar-refractivity contribution in [2.45, 2.75) is 63.8 Å². The highest BCUT2D eigenvalue weighted by atomic mass is 16.2. The molecule has 2 amide bonds. The summed E-state index contributed by atoms with van der Waals surface area (Å²) in [5.41, 5.74) is 0.462. The van der Waals surface area contributed by atoms with E-state index in [0.717, 1.165) is 50.1 Å². The highest BCUT2D eigenvalue weighted by Crippen LogP contribution is 2.60. The highest BCUT2D eigenvalue weighted by molar-refractivity contribution is 5.88. The smallest absolute Gasteiger partial charge is 0.242 e. The minimum absolute atomic E-state index is 0.00530. The number of carbonyl (C=O) groups excluding carboxylic acids is 2. The van der Waals surface area contributed by atoms with Crippen molar-refractivity contribution >= 4 is 11.8 Å². The molecule has 1 heterocycles. The Morgan fingerprint density at radius 1 is 1.16 bits per heavy atom. The van der Waals surface area contributed by atoms with Crippen LogP contribution in [-0.4, -0.2) is 49.4 Å². The molecule has 5 heteroatoms. The molecule has 0 aromatic heterocycles. The van der Waals surface area contributed by atoms with Crippen molar-refractivity contribution in [1.29, 1.82) is 0 Å². The summed E-state index contributed by atoms with van der Waals surface area (Å²) < 4.78 is 0. The van der Waals surface area contributed by atoms with E-state index in [1.165, 1.54) is 38.5 Å². The number of nitrogens with zero attached hydrogens (tertiary/aromatic N) is 1. The number of rotatable bonds is 5. The third kappa shape index (κ3) is 3.86. The second-order valence-electron chi connectivity index (χ2n) is 9.50. The molecule has 2 N–H and O–H groups in total. The van der Waals surface area contributed by atoms with Gasteiger partial charge in [-0.05, 0) is 88.0 Å². The van der Waals surface area contributed by atoms with Crippen LogP contribution in [0.25, 0.3) is 0 Å². The van der Waals surface area contributed by atoms with E-state index in [1.807, 2.05) is 0 Å². The first kappa shape index (κ1) is 17.3. The van der Waals surface area contributed by atoms with Crippen LogP contribution < -0.4 is 10.6 Å². The Bertz CT molecular complexity index is 498. The predicted octanol–water partition coefficient (Wildman–Crippen LogP) is 1.92. The van der Waals surface area contributed by atoms with E-state index in [0.29, 0.717) is 12.0 Å². The van der Waals surface area contributed by atoms with Crippen molar-refractivity contribution in [1.82, 2.24) is 15.5 Å². The van der Waals surface area contributed by atoms with Gasteiger partial charge >= 0.3 is 0 Å². The normalized spacial score (nSPS) is 40.0. The van der Waals surface area contributed by atoms with Crippen LogP contribution in [0.5, 0.6) is 0 Å². The summed E-state index contributed by atoms with van der Waals surface area (Å²) in [4.78, 5) is 26.6. The van der Waals surface area contributed by atoms with Crippen molar-refractivity contribution in [2.24, 2.45) is 23.2 Å². The van der Waals surface area contributed by atoms with Gasteiger partial charge in [0.2, 0.25) is 11.8 Å². The fourth-order valence-electron chi connectivity index (χ4n) is 6.67. The number of likely N-dealkylation sites (N-methyl/N-ethyl adjacent to an activating group) is 1. The van der Waals surface area contributed by atoms with Gasteiger partial charge in [-0.3, -0.25) is 14.5 Å². The summed E-state index contributed by atoms with van der Waals surface area (Å²) in [5, 5.41) is 5.84. The summed E-state index contributed by atoms with van der Waals surface area (Å²) in [6.45, 7) is 2.18. The van der Waals surface area contributed by atoms with E-state index in [2.05, 4.69) is 22.6 Å². The van der Waals surface area contributed by atoms with Crippen molar-refractivity contribution < 1.29 is 9.59 Å². The Kier molecular flexibility index (Phi) is 4.78. The number of carbonyl (C=O) groups is 2. The molecule has 0 aromatic rings. The average Bonchev–Trinajstić information content (AvgIpc) is 2.70. The molecule has 0 spiro atoms. The van der Waals surface area contributed by atoms with Crippen molar-refractivity contribution in [3.63, 3.8) is 0 Å². The lowest BCUT2D eigenvalue weighted by Crippen LogP contribution is -2.52. The van der Waals surface area contributed by atoms with E-state index in [1.54, 1.807) is 0 Å². The number of nitrogens with one attached hydrogen (secondary N) is 2. The van der Waals surface area contributed by atoms with Crippen LogP contribution in [-0.2, 0) is 9.59 Å². The van der Waals surface area contributed by atoms with Crippen molar-refractivity contribution in [3.05, 3.63) is 0 Å². The second-order valence-corrected chi connectivity index (χ2v) is 9.50. The standard InChI is InChI=1S/C20H33N3O2/c1-23(12-18(24)22-17-4-2-3-5-21-19(17)25)13-20-9-14-6-15(10-20)8-16(7-14)11-20/h14-17H,2-13H2,1H3,(H,21,25)(H,22,24). The van der Waals surface area contributed by atoms with Gasteiger partial charge in [-0.1, -0.05) is 0 Å². The summed E-state index contributed by atoms with van der Waals surface area (Å²) in [7, 11) is 2.07. The van der Waals surface area contributed by atoms with Gasteiger partial charge in [0.05, 0.1) is 6.54 Å². The Labute approximate surface area is 151 Å². The molecule has 1 saturated heterocycles. The van der Waals surface area contributed by atoms with Gasteiger partial charge in [0.25, 0.3) is 0 Å². The van der Waals surface area contributed by atoms with Crippen molar-refractivity contribution in [3.8, 4) is 0 Å². The molecule has 0 aromatic carbocycles. The van der Waals surface area contributed by atoms with Gasteiger partial charge in [0.1, 0.15) is 6.04 Å². The molecule has 4 bridgehead atoms. The van der Waals surface area contributed by atoms with Gasteiger partial charge in [0.15, 0.2) is 0 Å². The first-order chi connectivity index (χ1) is 12.0. The zero-order chi connectivity index (χ0) is 17.4. The Hall–Kier alpha value is -1.10. The van der Waals surface area contributed by atoms with Crippen LogP contribution in [0.1, 0.15) is 57.8 Å². The molecule has 140 valence electrons. The maximum absolute atomic E-state index is 12.4. The fraction of sp³-hybridized carbons (Fsp3) is 0.900. The summed E-state index contributed by atoms with van der Waals surface area (Å²) >= 11 is 0. The average molecular weight is 348 g/mol. The maximum Gasteiger partial charge on any atom is 0.242 e. The fourth-order valence-corrected chi connectivity index (χ4v) is 6.67. The SMILES string of the molecule is CN(CC(=O)NC1CCCCNC1=O)CC12CC3CC(CC(C3)C1)C2. The van der Waals surface area contributed by atoms with Gasteiger partial charge in [0, 0.05) is 13.1 Å². The maximum atomic E-state index is 12.4. The monoisotopic (exact) mass is 347 g/mol. The largest absolute Gasteiger partial charge is 0.354 e. The molecule has 1 atom stereocenters. The molecule has 1 unspecified atom stereocenters. The second kappa shape index (κ2) is 6.90. The lowest BCUT2D eigenvalue weighted by molar-refractivity contribution is -0.130. The minimum atomic E-state index is -0.344. The molecular formula is C20H33N3O2. The van der Waals surface area contributed by atoms with Crippen LogP contribution in [0.3, 0.4) is 0 Å². The topological polar surface area (TPSA) is 61.4 Å². The molecule has 5 nitrogen and oxygen atoms in total. The first-order valence-corrected chi connectivity index (χ1v) is 10.3. The summed E-state index contributed by atoms with van der Waals surface area (Å²) in [5.74, 6) is 2.82. The zero-order valence-corrected chi connectivity index (χ0v) is 15.6. The Morgan fingerprint density at radius 2 is 1.80 bits per heavy atom. The molecule has 5 aliphatic rings. The molecule has 25 heavy (non-hydrogen) atoms. The van der Waals surface area contributed by atoms with E-state index in [4.69, 9.17) is 0 Å². The number of hydrogen-bond acceptors (Lipinski definition) is 3. The number of hydrogen-bond donors (Lipinski definition) is 2. The lowest BCUT2D eigenvalue weighted by atomic mass is 9.49. The van der Waals surface area contributed by atoms with Gasteiger partial charge in [-0.2, -0.15) is 0 Å². The van der Waals surface area contributed by atoms with Crippen LogP contribution in [0.2, 0.25) is 0 Å². The van der Waals surface area contributed by atoms with Crippen molar-refractivity contribution in [2.75, 3.05) is 26.7 Å². The van der Waals surface area contributed by atoms with E-state index < -0.39 is 0 Å². The first-order valence-electron chi connectivity index (χ1n) is 10.3. The van der Waals surface area contributed by atoms with Crippen LogP contribution in [0.4, 0.5) is 0 Å². The quantitative estimate of drug-likeness (QED) is 0.799. The zero-order valence-electron chi connectivity index (χ0n) is 15.6. The van der Waals surface area contributed by atoms with E-state index in [-0.39, 0.29) is 17.9 Å². The molecule has 0 radical (unpaired) electrons. The van der Waals surface area contributed by atoms with E-state index >= 15 is 0 Å². The molecule has 4 saturated carbocycles.